The molecule has 0 aliphatic carbocycles. The molecule has 0 saturated carbocycles. The van der Waals surface area contributed by atoms with Crippen molar-refractivity contribution >= 4 is 39.3 Å². The number of nitro benzene ring substituents is 1. The van der Waals surface area contributed by atoms with E-state index in [0.717, 1.165) is 38.6 Å². The maximum absolute atomic E-state index is 10.8. The molecule has 0 radical (unpaired) electrons. The standard InChI is InChI=1S/C26H17N5O3S/c32-31(33)18-12-10-16(11-13-18)15-35-26-30-29-25(34-26)22-14-20-19-8-4-5-9-21(19)27-24(20)23(28-22)17-6-2-1-3-7-17/h1-14,27H,15H2. The average molecular weight is 480 g/mol. The molecule has 3 heterocycles. The molecule has 0 spiro atoms. The van der Waals surface area contributed by atoms with Gasteiger partial charge in [0.05, 0.1) is 16.1 Å². The number of hydrogen-bond donors (Lipinski definition) is 1. The third kappa shape index (κ3) is 4.02. The minimum absolute atomic E-state index is 0.0618. The van der Waals surface area contributed by atoms with E-state index in [4.69, 9.17) is 9.40 Å². The van der Waals surface area contributed by atoms with Crippen LogP contribution in [0.25, 0.3) is 44.6 Å². The van der Waals surface area contributed by atoms with Crippen LogP contribution in [0.15, 0.2) is 94.6 Å². The predicted molar refractivity (Wildman–Crippen MR) is 135 cm³/mol. The number of fused-ring (bicyclic) bond motifs is 3. The van der Waals surface area contributed by atoms with E-state index in [1.807, 2.05) is 54.6 Å². The maximum atomic E-state index is 10.8. The molecule has 9 heteroatoms. The minimum Gasteiger partial charge on any atom is -0.410 e. The van der Waals surface area contributed by atoms with Crippen LogP contribution >= 0.6 is 11.8 Å². The minimum atomic E-state index is -0.414. The van der Waals surface area contributed by atoms with Gasteiger partial charge in [-0.25, -0.2) is 4.98 Å². The topological polar surface area (TPSA) is 111 Å². The molecule has 0 fully saturated rings. The summed E-state index contributed by atoms with van der Waals surface area (Å²) in [6.45, 7) is 0. The van der Waals surface area contributed by atoms with Gasteiger partial charge in [-0.15, -0.1) is 10.2 Å². The number of non-ortho nitro benzene ring substituents is 1. The quantitative estimate of drug-likeness (QED) is 0.162. The van der Waals surface area contributed by atoms with Gasteiger partial charge in [-0.3, -0.25) is 10.1 Å². The summed E-state index contributed by atoms with van der Waals surface area (Å²) >= 11 is 1.37. The van der Waals surface area contributed by atoms with Gasteiger partial charge in [0, 0.05) is 39.7 Å². The zero-order valence-electron chi connectivity index (χ0n) is 18.2. The highest BCUT2D eigenvalue weighted by atomic mass is 32.2. The molecule has 0 amide bonds. The van der Waals surface area contributed by atoms with Gasteiger partial charge >= 0.3 is 0 Å². The number of nitrogens with zero attached hydrogens (tertiary/aromatic N) is 4. The second-order valence-corrected chi connectivity index (χ2v) is 8.83. The lowest BCUT2D eigenvalue weighted by Gasteiger charge is -2.05. The Hall–Kier alpha value is -4.50. The molecular weight excluding hydrogens is 462 g/mol. The van der Waals surface area contributed by atoms with Crippen molar-refractivity contribution in [1.29, 1.82) is 0 Å². The van der Waals surface area contributed by atoms with Crippen LogP contribution in [-0.2, 0) is 5.75 Å². The molecule has 0 aliphatic heterocycles. The Morgan fingerprint density at radius 3 is 2.49 bits per heavy atom. The summed E-state index contributed by atoms with van der Waals surface area (Å²) in [5, 5.41) is 21.8. The van der Waals surface area contributed by atoms with Crippen molar-refractivity contribution in [3.63, 3.8) is 0 Å². The van der Waals surface area contributed by atoms with Crippen LogP contribution in [-0.4, -0.2) is 25.1 Å². The van der Waals surface area contributed by atoms with E-state index >= 15 is 0 Å². The first kappa shape index (κ1) is 21.1. The van der Waals surface area contributed by atoms with Crippen LogP contribution < -0.4 is 0 Å². The van der Waals surface area contributed by atoms with E-state index in [1.54, 1.807) is 12.1 Å². The number of aromatic amines is 1. The molecule has 6 aromatic rings. The molecule has 0 atom stereocenters. The van der Waals surface area contributed by atoms with Crippen LogP contribution in [0.4, 0.5) is 5.69 Å². The fraction of sp³-hybridized carbons (Fsp3) is 0.0385. The van der Waals surface area contributed by atoms with E-state index in [-0.39, 0.29) is 5.69 Å². The highest BCUT2D eigenvalue weighted by Gasteiger charge is 2.18. The number of nitro groups is 1. The number of H-pyrrole nitrogens is 1. The Morgan fingerprint density at radius 2 is 1.69 bits per heavy atom. The second kappa shape index (κ2) is 8.69. The highest BCUT2D eigenvalue weighted by Crippen LogP contribution is 2.35. The van der Waals surface area contributed by atoms with E-state index in [9.17, 15) is 10.1 Å². The Morgan fingerprint density at radius 1 is 0.914 bits per heavy atom. The molecule has 6 rings (SSSR count). The van der Waals surface area contributed by atoms with Crippen molar-refractivity contribution in [1.82, 2.24) is 20.2 Å². The third-order valence-corrected chi connectivity index (χ3v) is 6.57. The first-order valence-electron chi connectivity index (χ1n) is 10.8. The first-order valence-corrected chi connectivity index (χ1v) is 11.8. The summed E-state index contributed by atoms with van der Waals surface area (Å²) in [7, 11) is 0. The smallest absolute Gasteiger partial charge is 0.277 e. The summed E-state index contributed by atoms with van der Waals surface area (Å²) in [5.74, 6) is 0.879. The average Bonchev–Trinajstić information content (AvgIpc) is 3.52. The van der Waals surface area contributed by atoms with E-state index in [2.05, 4.69) is 21.2 Å². The van der Waals surface area contributed by atoms with Gasteiger partial charge in [-0.05, 0) is 17.7 Å². The molecule has 0 saturated heterocycles. The van der Waals surface area contributed by atoms with E-state index in [1.165, 1.54) is 23.9 Å². The zero-order chi connectivity index (χ0) is 23.8. The number of para-hydroxylation sites is 1. The van der Waals surface area contributed by atoms with Crippen molar-refractivity contribution in [2.45, 2.75) is 11.0 Å². The summed E-state index contributed by atoms with van der Waals surface area (Å²) in [4.78, 5) is 18.8. The fourth-order valence-electron chi connectivity index (χ4n) is 3.99. The summed E-state index contributed by atoms with van der Waals surface area (Å²) in [6.07, 6.45) is 0. The predicted octanol–water partition coefficient (Wildman–Crippen LogP) is 6.63. The number of benzene rings is 3. The molecule has 35 heavy (non-hydrogen) atoms. The molecule has 0 unspecified atom stereocenters. The number of aromatic nitrogens is 4. The largest absolute Gasteiger partial charge is 0.410 e. The molecule has 0 bridgehead atoms. The van der Waals surface area contributed by atoms with Gasteiger partial charge in [0.25, 0.3) is 16.8 Å². The summed E-state index contributed by atoms with van der Waals surface area (Å²) in [5.41, 5.74) is 5.36. The van der Waals surface area contributed by atoms with Crippen LogP contribution in [0.2, 0.25) is 0 Å². The molecular formula is C26H17N5O3S. The lowest BCUT2D eigenvalue weighted by atomic mass is 10.1. The zero-order valence-corrected chi connectivity index (χ0v) is 19.0. The number of pyridine rings is 1. The van der Waals surface area contributed by atoms with Crippen LogP contribution in [0.3, 0.4) is 0 Å². The monoisotopic (exact) mass is 479 g/mol. The molecule has 8 nitrogen and oxygen atoms in total. The van der Waals surface area contributed by atoms with Crippen LogP contribution in [0.1, 0.15) is 5.56 Å². The lowest BCUT2D eigenvalue weighted by Crippen LogP contribution is -1.90. The number of nitrogens with one attached hydrogen (secondary N) is 1. The molecule has 3 aromatic heterocycles. The van der Waals surface area contributed by atoms with Gasteiger partial charge < -0.3 is 9.40 Å². The Kier molecular flexibility index (Phi) is 5.23. The van der Waals surface area contributed by atoms with Gasteiger partial charge in [-0.2, -0.15) is 0 Å². The van der Waals surface area contributed by atoms with Crippen molar-refractivity contribution in [3.05, 3.63) is 101 Å². The molecule has 1 N–H and O–H groups in total. The van der Waals surface area contributed by atoms with E-state index in [0.29, 0.717) is 22.6 Å². The second-order valence-electron chi connectivity index (χ2n) is 7.90. The lowest BCUT2D eigenvalue weighted by molar-refractivity contribution is -0.384. The van der Waals surface area contributed by atoms with Crippen molar-refractivity contribution in [2.75, 3.05) is 0 Å². The van der Waals surface area contributed by atoms with Gasteiger partial charge in [0.1, 0.15) is 5.69 Å². The third-order valence-electron chi connectivity index (χ3n) is 5.68. The van der Waals surface area contributed by atoms with Crippen LogP contribution in [0.5, 0.6) is 0 Å². The number of hydrogen-bond acceptors (Lipinski definition) is 7. The molecule has 170 valence electrons. The SMILES string of the molecule is O=[N+]([O-])c1ccc(CSc2nnc(-c3cc4c([nH]c5ccccc54)c(-c4ccccc4)n3)o2)cc1. The maximum Gasteiger partial charge on any atom is 0.277 e. The van der Waals surface area contributed by atoms with Gasteiger partial charge in [-0.1, -0.05) is 72.4 Å². The Balaban J connectivity index is 1.36. The number of rotatable bonds is 6. The van der Waals surface area contributed by atoms with Gasteiger partial charge in [0.2, 0.25) is 0 Å². The highest BCUT2D eigenvalue weighted by molar-refractivity contribution is 7.98. The van der Waals surface area contributed by atoms with Crippen molar-refractivity contribution < 1.29 is 9.34 Å². The molecule has 3 aromatic carbocycles. The summed E-state index contributed by atoms with van der Waals surface area (Å²) in [6, 6.07) is 26.5. The number of thioether (sulfide) groups is 1. The van der Waals surface area contributed by atoms with Gasteiger partial charge in [0.15, 0.2) is 0 Å². The summed E-state index contributed by atoms with van der Waals surface area (Å²) < 4.78 is 5.94. The normalized spacial score (nSPS) is 11.3. The van der Waals surface area contributed by atoms with Crippen molar-refractivity contribution in [2.24, 2.45) is 0 Å². The van der Waals surface area contributed by atoms with Crippen molar-refractivity contribution in [3.8, 4) is 22.8 Å². The molecule has 0 aliphatic rings. The first-order chi connectivity index (χ1) is 17.2. The Labute approximate surface area is 203 Å². The van der Waals surface area contributed by atoms with E-state index < -0.39 is 4.92 Å². The Bertz CT molecular complexity index is 1680. The fourth-order valence-corrected chi connectivity index (χ4v) is 4.71. The van der Waals surface area contributed by atoms with Crippen LogP contribution in [0, 0.1) is 10.1 Å².